The van der Waals surface area contributed by atoms with Gasteiger partial charge in [-0.1, -0.05) is 72.8 Å². The van der Waals surface area contributed by atoms with E-state index < -0.39 is 35.7 Å². The van der Waals surface area contributed by atoms with Crippen LogP contribution in [0.15, 0.2) is 84.9 Å². The van der Waals surface area contributed by atoms with Crippen molar-refractivity contribution >= 4 is 17.5 Å². The summed E-state index contributed by atoms with van der Waals surface area (Å²) in [5.41, 5.74) is -1.58. The van der Waals surface area contributed by atoms with E-state index in [1.807, 2.05) is 37.3 Å². The second-order valence-electron chi connectivity index (χ2n) is 8.64. The second-order valence-corrected chi connectivity index (χ2v) is 8.64. The molecule has 188 valence electrons. The lowest BCUT2D eigenvalue weighted by atomic mass is 9.77. The number of urea groups is 1. The molecule has 4 rings (SSSR count). The van der Waals surface area contributed by atoms with E-state index in [0.29, 0.717) is 13.1 Å². The summed E-state index contributed by atoms with van der Waals surface area (Å²) in [6, 6.07) is 21.2. The number of hydrogen-bond donors (Lipinski definition) is 3. The molecular weight excluding hydrogens is 471 g/mol. The first-order chi connectivity index (χ1) is 17.1. The quantitative estimate of drug-likeness (QED) is 0.409. The predicted molar refractivity (Wildman–Crippen MR) is 129 cm³/mol. The van der Waals surface area contributed by atoms with Crippen LogP contribution < -0.4 is 15.5 Å². The first-order valence-electron chi connectivity index (χ1n) is 11.5. The minimum absolute atomic E-state index is 0.00948. The largest absolute Gasteiger partial charge is 0.437 e. The number of carbonyl (C=O) groups is 2. The zero-order valence-electron chi connectivity index (χ0n) is 19.5. The highest BCUT2D eigenvalue weighted by molar-refractivity contribution is 6.00. The average Bonchev–Trinajstić information content (AvgIpc) is 2.87. The number of aliphatic hydroxyl groups is 1. The number of hydrogen-bond acceptors (Lipinski definition) is 4. The summed E-state index contributed by atoms with van der Waals surface area (Å²) in [7, 11) is 0. The van der Waals surface area contributed by atoms with Crippen LogP contribution in [0, 0.1) is 5.92 Å². The van der Waals surface area contributed by atoms with E-state index in [4.69, 9.17) is 0 Å². The van der Waals surface area contributed by atoms with Crippen molar-refractivity contribution < 1.29 is 27.9 Å². The number of rotatable bonds is 7. The Labute approximate surface area is 206 Å². The zero-order chi connectivity index (χ0) is 25.9. The molecule has 2 amide bonds. The molecule has 6 nitrogen and oxygen atoms in total. The van der Waals surface area contributed by atoms with Gasteiger partial charge in [0.2, 0.25) is 5.72 Å². The number of carbonyl (C=O) groups excluding carboxylic acids is 2. The number of nitrogens with one attached hydrogen (secondary N) is 2. The smallest absolute Gasteiger partial charge is 0.367 e. The van der Waals surface area contributed by atoms with Gasteiger partial charge in [-0.3, -0.25) is 4.79 Å². The molecule has 1 saturated heterocycles. The van der Waals surface area contributed by atoms with Crippen LogP contribution in [0.3, 0.4) is 0 Å². The van der Waals surface area contributed by atoms with Gasteiger partial charge >= 0.3 is 12.2 Å². The highest BCUT2D eigenvalue weighted by Crippen LogP contribution is 2.44. The number of Topliss-reactive ketones (excluding diaryl/α,β-unsaturated/α-hetero) is 1. The van der Waals surface area contributed by atoms with Crippen LogP contribution in [-0.4, -0.2) is 35.4 Å². The van der Waals surface area contributed by atoms with Gasteiger partial charge in [-0.25, -0.2) is 4.79 Å². The monoisotopic (exact) mass is 497 g/mol. The van der Waals surface area contributed by atoms with Gasteiger partial charge in [-0.05, 0) is 30.2 Å². The third-order valence-electron chi connectivity index (χ3n) is 6.36. The summed E-state index contributed by atoms with van der Waals surface area (Å²) >= 11 is 0. The minimum Gasteiger partial charge on any atom is -0.367 e. The number of halogens is 3. The van der Waals surface area contributed by atoms with Crippen LogP contribution in [-0.2, 0) is 6.54 Å². The van der Waals surface area contributed by atoms with Gasteiger partial charge in [0.25, 0.3) is 0 Å². The molecule has 0 bridgehead atoms. The summed E-state index contributed by atoms with van der Waals surface area (Å²) in [6.45, 7) is 3.30. The van der Waals surface area contributed by atoms with Crippen molar-refractivity contribution in [3.63, 3.8) is 0 Å². The summed E-state index contributed by atoms with van der Waals surface area (Å²) in [5, 5.41) is 14.7. The van der Waals surface area contributed by atoms with Crippen molar-refractivity contribution in [2.24, 2.45) is 5.92 Å². The third kappa shape index (κ3) is 4.92. The van der Waals surface area contributed by atoms with E-state index in [9.17, 15) is 27.9 Å². The Kier molecular flexibility index (Phi) is 7.03. The Balaban J connectivity index is 1.70. The van der Waals surface area contributed by atoms with Gasteiger partial charge in [0.05, 0.1) is 6.04 Å². The fourth-order valence-electron chi connectivity index (χ4n) is 4.48. The van der Waals surface area contributed by atoms with Crippen LogP contribution in [0.25, 0.3) is 0 Å². The molecule has 0 aliphatic carbocycles. The van der Waals surface area contributed by atoms with Gasteiger partial charge in [-0.2, -0.15) is 13.2 Å². The SMILES string of the molecule is CCN(Cc1ccccc1)c1ccc([C@@H]2NC(=O)N[C@](O)(C(F)(F)F)[C@H]2C(=O)c2ccccc2)cc1. The van der Waals surface area contributed by atoms with Crippen molar-refractivity contribution in [2.75, 3.05) is 11.4 Å². The molecule has 3 N–H and O–H groups in total. The van der Waals surface area contributed by atoms with Crippen molar-refractivity contribution in [1.82, 2.24) is 10.6 Å². The second kappa shape index (κ2) is 10.0. The summed E-state index contributed by atoms with van der Waals surface area (Å²) in [5.74, 6) is -3.01. The van der Waals surface area contributed by atoms with E-state index in [1.165, 1.54) is 24.3 Å². The Morgan fingerprint density at radius 2 is 1.56 bits per heavy atom. The zero-order valence-corrected chi connectivity index (χ0v) is 19.5. The molecule has 9 heteroatoms. The maximum atomic E-state index is 14.1. The lowest BCUT2D eigenvalue weighted by molar-refractivity contribution is -0.287. The van der Waals surface area contributed by atoms with Crippen molar-refractivity contribution in [2.45, 2.75) is 31.4 Å². The topological polar surface area (TPSA) is 81.7 Å². The molecule has 3 aromatic carbocycles. The Bertz CT molecular complexity index is 1200. The average molecular weight is 498 g/mol. The van der Waals surface area contributed by atoms with E-state index in [2.05, 4.69) is 10.2 Å². The molecule has 0 radical (unpaired) electrons. The highest BCUT2D eigenvalue weighted by atomic mass is 19.4. The van der Waals surface area contributed by atoms with Gasteiger partial charge in [0.15, 0.2) is 5.78 Å². The van der Waals surface area contributed by atoms with Crippen LogP contribution in [0.1, 0.15) is 34.5 Å². The lowest BCUT2D eigenvalue weighted by Crippen LogP contribution is -2.72. The van der Waals surface area contributed by atoms with Gasteiger partial charge in [0, 0.05) is 24.3 Å². The molecular formula is C27H26F3N3O3. The first kappa shape index (κ1) is 25.2. The molecule has 1 fully saturated rings. The molecule has 0 aromatic heterocycles. The molecule has 36 heavy (non-hydrogen) atoms. The van der Waals surface area contributed by atoms with Gasteiger partial charge in [0.1, 0.15) is 5.92 Å². The number of benzene rings is 3. The molecule has 1 aliphatic heterocycles. The summed E-state index contributed by atoms with van der Waals surface area (Å²) in [6.07, 6.45) is -5.30. The van der Waals surface area contributed by atoms with Crippen LogP contribution >= 0.6 is 0 Å². The fourth-order valence-corrected chi connectivity index (χ4v) is 4.48. The van der Waals surface area contributed by atoms with E-state index in [1.54, 1.807) is 35.6 Å². The minimum atomic E-state index is -5.30. The van der Waals surface area contributed by atoms with Gasteiger partial charge < -0.3 is 20.6 Å². The van der Waals surface area contributed by atoms with Crippen molar-refractivity contribution in [1.29, 1.82) is 0 Å². The number of nitrogens with zero attached hydrogens (tertiary/aromatic N) is 1. The van der Waals surface area contributed by atoms with Crippen LogP contribution in [0.4, 0.5) is 23.7 Å². The van der Waals surface area contributed by atoms with Gasteiger partial charge in [-0.15, -0.1) is 0 Å². The molecule has 0 saturated carbocycles. The fraction of sp³-hybridized carbons (Fsp3) is 0.259. The van der Waals surface area contributed by atoms with E-state index in [0.717, 1.165) is 11.3 Å². The molecule has 0 unspecified atom stereocenters. The Hall–Kier alpha value is -3.85. The summed E-state index contributed by atoms with van der Waals surface area (Å²) in [4.78, 5) is 27.6. The first-order valence-corrected chi connectivity index (χ1v) is 11.5. The molecule has 3 atom stereocenters. The number of anilines is 1. The van der Waals surface area contributed by atoms with Crippen LogP contribution in [0.2, 0.25) is 0 Å². The molecule has 0 spiro atoms. The number of alkyl halides is 3. The highest BCUT2D eigenvalue weighted by Gasteiger charge is 2.66. The predicted octanol–water partition coefficient (Wildman–Crippen LogP) is 4.82. The lowest BCUT2D eigenvalue weighted by Gasteiger charge is -2.45. The van der Waals surface area contributed by atoms with Crippen molar-refractivity contribution in [3.8, 4) is 0 Å². The van der Waals surface area contributed by atoms with E-state index in [-0.39, 0.29) is 11.1 Å². The summed E-state index contributed by atoms with van der Waals surface area (Å²) < 4.78 is 42.3. The maximum absolute atomic E-state index is 14.1. The molecule has 3 aromatic rings. The molecule has 1 aliphatic rings. The normalized spacial score (nSPS) is 21.9. The third-order valence-corrected chi connectivity index (χ3v) is 6.36. The molecule has 1 heterocycles. The number of ketones is 1. The maximum Gasteiger partial charge on any atom is 0.437 e. The van der Waals surface area contributed by atoms with Crippen molar-refractivity contribution in [3.05, 3.63) is 102 Å². The Morgan fingerprint density at radius 1 is 0.972 bits per heavy atom. The van der Waals surface area contributed by atoms with E-state index >= 15 is 0 Å². The number of amides is 2. The van der Waals surface area contributed by atoms with Crippen LogP contribution in [0.5, 0.6) is 0 Å². The standard InChI is InChI=1S/C27H26F3N3O3/c1-2-33(17-18-9-5-3-6-10-18)21-15-13-19(14-16-21)23-22(24(34)20-11-7-4-8-12-20)26(36,27(28,29)30)32-25(35)31-23/h3-16,22-23,36H,2,17H2,1H3,(H2,31,32,35)/t22-,23+,26-/m1/s1. The Morgan fingerprint density at radius 3 is 2.11 bits per heavy atom.